The van der Waals surface area contributed by atoms with Gasteiger partial charge in [-0.25, -0.2) is 0 Å². The normalized spacial score (nSPS) is 15.8. The topological polar surface area (TPSA) is 66.6 Å². The number of nitrogens with two attached hydrogens (primary N) is 1. The van der Waals surface area contributed by atoms with E-state index in [1.807, 2.05) is 7.05 Å². The molecule has 0 bridgehead atoms. The van der Waals surface area contributed by atoms with Gasteiger partial charge in [0.05, 0.1) is 5.69 Å². The van der Waals surface area contributed by atoms with Crippen LogP contribution in [0.1, 0.15) is 36.0 Å². The Labute approximate surface area is 107 Å². The number of carbonyl (C=O) groups excluding carboxylic acids is 1. The van der Waals surface area contributed by atoms with Crippen LogP contribution in [0.5, 0.6) is 5.75 Å². The van der Waals surface area contributed by atoms with Crippen LogP contribution in [0.3, 0.4) is 0 Å². The van der Waals surface area contributed by atoms with Crippen molar-refractivity contribution in [1.29, 1.82) is 0 Å². The van der Waals surface area contributed by atoms with Crippen molar-refractivity contribution in [2.24, 2.45) is 5.92 Å². The Morgan fingerprint density at radius 3 is 2.72 bits per heavy atom. The summed E-state index contributed by atoms with van der Waals surface area (Å²) in [6, 6.07) is 4.65. The number of rotatable bonds is 3. The Morgan fingerprint density at radius 2 is 2.11 bits per heavy atom. The van der Waals surface area contributed by atoms with Crippen molar-refractivity contribution in [3.8, 4) is 5.75 Å². The van der Waals surface area contributed by atoms with Gasteiger partial charge in [-0.15, -0.1) is 0 Å². The highest BCUT2D eigenvalue weighted by Gasteiger charge is 2.20. The van der Waals surface area contributed by atoms with Crippen LogP contribution in [-0.4, -0.2) is 29.5 Å². The third-order valence-electron chi connectivity index (χ3n) is 3.63. The van der Waals surface area contributed by atoms with E-state index in [-0.39, 0.29) is 11.7 Å². The van der Waals surface area contributed by atoms with Crippen LogP contribution < -0.4 is 5.73 Å². The minimum absolute atomic E-state index is 0.0323. The van der Waals surface area contributed by atoms with Gasteiger partial charge in [0, 0.05) is 19.2 Å². The number of amides is 1. The Morgan fingerprint density at radius 1 is 1.44 bits per heavy atom. The fraction of sp³-hybridized carbons (Fsp3) is 0.500. The van der Waals surface area contributed by atoms with Gasteiger partial charge < -0.3 is 15.7 Å². The summed E-state index contributed by atoms with van der Waals surface area (Å²) < 4.78 is 0. The van der Waals surface area contributed by atoms with E-state index in [1.165, 1.54) is 31.7 Å². The lowest BCUT2D eigenvalue weighted by molar-refractivity contribution is 0.0773. The quantitative estimate of drug-likeness (QED) is 0.636. The number of nitrogens with zero attached hydrogens (tertiary/aromatic N) is 1. The number of phenolic OH excluding ortho intramolecular Hbond substituents is 1. The van der Waals surface area contributed by atoms with Crippen LogP contribution >= 0.6 is 0 Å². The smallest absolute Gasteiger partial charge is 0.253 e. The fourth-order valence-electron chi connectivity index (χ4n) is 2.56. The van der Waals surface area contributed by atoms with Crippen molar-refractivity contribution in [3.63, 3.8) is 0 Å². The molecule has 0 radical (unpaired) electrons. The van der Waals surface area contributed by atoms with Gasteiger partial charge in [-0.05, 0) is 37.0 Å². The number of benzene rings is 1. The maximum Gasteiger partial charge on any atom is 0.253 e. The molecule has 0 aliphatic heterocycles. The number of anilines is 1. The first-order valence-electron chi connectivity index (χ1n) is 6.42. The molecule has 1 aromatic rings. The Balaban J connectivity index is 2.02. The molecule has 0 atom stereocenters. The van der Waals surface area contributed by atoms with E-state index in [0.717, 1.165) is 6.54 Å². The van der Waals surface area contributed by atoms with Crippen LogP contribution in [0.4, 0.5) is 5.69 Å². The van der Waals surface area contributed by atoms with Gasteiger partial charge in [0.2, 0.25) is 0 Å². The number of hydrogen-bond acceptors (Lipinski definition) is 3. The van der Waals surface area contributed by atoms with Gasteiger partial charge in [-0.1, -0.05) is 12.8 Å². The molecule has 0 aromatic heterocycles. The van der Waals surface area contributed by atoms with Crippen LogP contribution in [0.15, 0.2) is 18.2 Å². The largest absolute Gasteiger partial charge is 0.506 e. The molecule has 2 rings (SSSR count). The zero-order chi connectivity index (χ0) is 13.1. The second-order valence-corrected chi connectivity index (χ2v) is 5.11. The molecule has 1 saturated carbocycles. The van der Waals surface area contributed by atoms with Crippen molar-refractivity contribution >= 4 is 11.6 Å². The summed E-state index contributed by atoms with van der Waals surface area (Å²) >= 11 is 0. The molecule has 1 aliphatic carbocycles. The van der Waals surface area contributed by atoms with E-state index in [0.29, 0.717) is 17.2 Å². The van der Waals surface area contributed by atoms with E-state index in [4.69, 9.17) is 5.73 Å². The first-order chi connectivity index (χ1) is 8.58. The minimum Gasteiger partial charge on any atom is -0.506 e. The number of nitrogen functional groups attached to an aromatic ring is 1. The standard InChI is InChI=1S/C14H20N2O2/c1-16(9-10-4-2-3-5-10)14(18)11-6-7-12(15)13(17)8-11/h6-8,10,17H,2-5,9,15H2,1H3. The highest BCUT2D eigenvalue weighted by molar-refractivity contribution is 5.95. The van der Waals surface area contributed by atoms with E-state index >= 15 is 0 Å². The lowest BCUT2D eigenvalue weighted by Crippen LogP contribution is -2.31. The van der Waals surface area contributed by atoms with Gasteiger partial charge >= 0.3 is 0 Å². The molecule has 1 fully saturated rings. The monoisotopic (exact) mass is 248 g/mol. The molecule has 4 nitrogen and oxygen atoms in total. The highest BCUT2D eigenvalue weighted by Crippen LogP contribution is 2.26. The van der Waals surface area contributed by atoms with Crippen LogP contribution in [0, 0.1) is 5.92 Å². The molecule has 0 spiro atoms. The lowest BCUT2D eigenvalue weighted by Gasteiger charge is -2.21. The zero-order valence-electron chi connectivity index (χ0n) is 10.7. The summed E-state index contributed by atoms with van der Waals surface area (Å²) in [5.74, 6) is 0.536. The molecule has 3 N–H and O–H groups in total. The van der Waals surface area contributed by atoms with Crippen LogP contribution in [0.2, 0.25) is 0 Å². The van der Waals surface area contributed by atoms with E-state index in [9.17, 15) is 9.90 Å². The maximum atomic E-state index is 12.2. The van der Waals surface area contributed by atoms with Gasteiger partial charge in [-0.2, -0.15) is 0 Å². The summed E-state index contributed by atoms with van der Waals surface area (Å²) in [6.45, 7) is 0.796. The van der Waals surface area contributed by atoms with Gasteiger partial charge in [0.25, 0.3) is 5.91 Å². The summed E-state index contributed by atoms with van der Waals surface area (Å²) in [5.41, 5.74) is 6.31. The molecule has 0 unspecified atom stereocenters. The first kappa shape index (κ1) is 12.7. The van der Waals surface area contributed by atoms with Gasteiger partial charge in [-0.3, -0.25) is 4.79 Å². The molecule has 1 amide bonds. The van der Waals surface area contributed by atoms with Crippen LogP contribution in [-0.2, 0) is 0 Å². The van der Waals surface area contributed by atoms with Crippen molar-refractivity contribution in [1.82, 2.24) is 4.90 Å². The van der Waals surface area contributed by atoms with Crippen molar-refractivity contribution in [3.05, 3.63) is 23.8 Å². The highest BCUT2D eigenvalue weighted by atomic mass is 16.3. The molecule has 98 valence electrons. The second kappa shape index (κ2) is 5.29. The molecule has 4 heteroatoms. The van der Waals surface area contributed by atoms with Gasteiger partial charge in [0.15, 0.2) is 0 Å². The molecule has 0 saturated heterocycles. The van der Waals surface area contributed by atoms with Gasteiger partial charge in [0.1, 0.15) is 5.75 Å². The molecular weight excluding hydrogens is 228 g/mol. The molecule has 1 aromatic carbocycles. The minimum atomic E-state index is -0.0581. The average Bonchev–Trinajstić information content (AvgIpc) is 2.84. The number of aromatic hydroxyl groups is 1. The first-order valence-corrected chi connectivity index (χ1v) is 6.42. The number of carbonyl (C=O) groups is 1. The fourth-order valence-corrected chi connectivity index (χ4v) is 2.56. The third-order valence-corrected chi connectivity index (χ3v) is 3.63. The predicted molar refractivity (Wildman–Crippen MR) is 71.4 cm³/mol. The number of phenols is 1. The van der Waals surface area contributed by atoms with Crippen molar-refractivity contribution < 1.29 is 9.90 Å². The van der Waals surface area contributed by atoms with E-state index in [2.05, 4.69) is 0 Å². The second-order valence-electron chi connectivity index (χ2n) is 5.11. The zero-order valence-corrected chi connectivity index (χ0v) is 10.7. The Bertz CT molecular complexity index is 439. The van der Waals surface area contributed by atoms with Crippen LogP contribution in [0.25, 0.3) is 0 Å². The molecule has 18 heavy (non-hydrogen) atoms. The van der Waals surface area contributed by atoms with Crippen molar-refractivity contribution in [2.45, 2.75) is 25.7 Å². The summed E-state index contributed by atoms with van der Waals surface area (Å²) in [6.07, 6.45) is 4.97. The lowest BCUT2D eigenvalue weighted by atomic mass is 10.1. The Hall–Kier alpha value is -1.71. The average molecular weight is 248 g/mol. The molecule has 0 heterocycles. The van der Waals surface area contributed by atoms with E-state index in [1.54, 1.807) is 17.0 Å². The molecule has 1 aliphatic rings. The SMILES string of the molecule is CN(CC1CCCC1)C(=O)c1ccc(N)c(O)c1. The number of hydrogen-bond donors (Lipinski definition) is 2. The van der Waals surface area contributed by atoms with Crippen molar-refractivity contribution in [2.75, 3.05) is 19.3 Å². The Kier molecular flexibility index (Phi) is 3.75. The summed E-state index contributed by atoms with van der Waals surface area (Å²) in [7, 11) is 1.81. The van der Waals surface area contributed by atoms with E-state index < -0.39 is 0 Å². The molecular formula is C14H20N2O2. The summed E-state index contributed by atoms with van der Waals surface area (Å²) in [4.78, 5) is 13.9. The third kappa shape index (κ3) is 2.75. The predicted octanol–water partition coefficient (Wildman–Crippen LogP) is 2.24. The summed E-state index contributed by atoms with van der Waals surface area (Å²) in [5, 5.41) is 9.52. The maximum absolute atomic E-state index is 12.2.